The molecule has 7 heteroatoms. The van der Waals surface area contributed by atoms with Crippen LogP contribution in [-0.4, -0.2) is 40.8 Å². The number of hydrogen-bond donors (Lipinski definition) is 3. The van der Waals surface area contributed by atoms with E-state index >= 15 is 0 Å². The Labute approximate surface area is 156 Å². The van der Waals surface area contributed by atoms with Crippen LogP contribution < -0.4 is 10.6 Å². The first-order chi connectivity index (χ1) is 12.8. The van der Waals surface area contributed by atoms with E-state index in [1.54, 1.807) is 6.26 Å². The Balaban J connectivity index is 1.81. The molecule has 2 aromatic rings. The van der Waals surface area contributed by atoms with E-state index in [9.17, 15) is 0 Å². The third-order valence-corrected chi connectivity index (χ3v) is 4.32. The Kier molecular flexibility index (Phi) is 8.72. The number of aromatic amines is 1. The lowest BCUT2D eigenvalue weighted by molar-refractivity contribution is 0.461. The van der Waals surface area contributed by atoms with E-state index in [-0.39, 0.29) is 0 Å². The maximum absolute atomic E-state index is 5.31. The molecule has 0 aliphatic rings. The Bertz CT molecular complexity index is 634. The van der Waals surface area contributed by atoms with Crippen LogP contribution in [0.2, 0.25) is 0 Å². The fourth-order valence-corrected chi connectivity index (χ4v) is 2.70. The summed E-state index contributed by atoms with van der Waals surface area (Å²) < 4.78 is 5.31. The van der Waals surface area contributed by atoms with E-state index < -0.39 is 0 Å². The van der Waals surface area contributed by atoms with Gasteiger partial charge < -0.3 is 15.1 Å². The van der Waals surface area contributed by atoms with E-state index in [1.165, 1.54) is 25.7 Å². The normalized spacial score (nSPS) is 13.0. The van der Waals surface area contributed by atoms with Gasteiger partial charge in [0.15, 0.2) is 11.7 Å². The highest BCUT2D eigenvalue weighted by molar-refractivity contribution is 5.79. The van der Waals surface area contributed by atoms with Crippen LogP contribution in [0.25, 0.3) is 11.6 Å². The van der Waals surface area contributed by atoms with Crippen LogP contribution >= 0.6 is 0 Å². The molecule has 2 rings (SSSR count). The van der Waals surface area contributed by atoms with Crippen molar-refractivity contribution in [3.05, 3.63) is 24.2 Å². The number of nitrogens with zero attached hydrogens (tertiary/aromatic N) is 3. The Morgan fingerprint density at radius 3 is 2.88 bits per heavy atom. The molecule has 0 fully saturated rings. The van der Waals surface area contributed by atoms with Crippen LogP contribution in [0.3, 0.4) is 0 Å². The Morgan fingerprint density at radius 1 is 1.31 bits per heavy atom. The molecule has 0 aliphatic carbocycles. The van der Waals surface area contributed by atoms with Crippen molar-refractivity contribution in [3.8, 4) is 11.6 Å². The first kappa shape index (κ1) is 20.0. The van der Waals surface area contributed by atoms with Crippen LogP contribution in [0.5, 0.6) is 0 Å². The molecule has 26 heavy (non-hydrogen) atoms. The molecule has 0 spiro atoms. The van der Waals surface area contributed by atoms with Crippen LogP contribution in [0.1, 0.15) is 52.3 Å². The monoisotopic (exact) mass is 360 g/mol. The van der Waals surface area contributed by atoms with Crippen LogP contribution in [-0.2, 0) is 6.42 Å². The van der Waals surface area contributed by atoms with Crippen molar-refractivity contribution in [1.29, 1.82) is 0 Å². The maximum atomic E-state index is 5.31. The van der Waals surface area contributed by atoms with E-state index in [0.717, 1.165) is 37.8 Å². The van der Waals surface area contributed by atoms with Gasteiger partial charge >= 0.3 is 0 Å². The van der Waals surface area contributed by atoms with Gasteiger partial charge in [0.05, 0.1) is 6.26 Å². The second-order valence-corrected chi connectivity index (χ2v) is 6.40. The van der Waals surface area contributed by atoms with Gasteiger partial charge in [0.25, 0.3) is 0 Å². The van der Waals surface area contributed by atoms with E-state index in [1.807, 2.05) is 12.1 Å². The minimum absolute atomic E-state index is 0.590. The number of rotatable bonds is 11. The van der Waals surface area contributed by atoms with Gasteiger partial charge in [-0.15, -0.1) is 0 Å². The first-order valence-electron chi connectivity index (χ1n) is 9.74. The van der Waals surface area contributed by atoms with E-state index in [0.29, 0.717) is 17.5 Å². The third-order valence-electron chi connectivity index (χ3n) is 4.32. The number of H-pyrrole nitrogens is 1. The van der Waals surface area contributed by atoms with Gasteiger partial charge in [0, 0.05) is 26.1 Å². The number of aromatic nitrogens is 3. The number of furan rings is 1. The average molecular weight is 361 g/mol. The molecule has 2 aromatic heterocycles. The van der Waals surface area contributed by atoms with Crippen molar-refractivity contribution in [1.82, 2.24) is 25.8 Å². The lowest BCUT2D eigenvalue weighted by atomic mass is 10.00. The zero-order chi connectivity index (χ0) is 18.6. The van der Waals surface area contributed by atoms with Gasteiger partial charge in [-0.25, -0.2) is 4.98 Å². The number of unbranched alkanes of at least 4 members (excludes halogenated alkanes) is 1. The summed E-state index contributed by atoms with van der Waals surface area (Å²) in [7, 11) is 0. The zero-order valence-electron chi connectivity index (χ0n) is 16.2. The summed E-state index contributed by atoms with van der Waals surface area (Å²) in [5, 5.41) is 13.8. The minimum atomic E-state index is 0.590. The van der Waals surface area contributed by atoms with Crippen molar-refractivity contribution in [2.45, 2.75) is 52.9 Å². The van der Waals surface area contributed by atoms with Gasteiger partial charge in [-0.3, -0.25) is 10.1 Å². The predicted molar refractivity (Wildman–Crippen MR) is 105 cm³/mol. The summed E-state index contributed by atoms with van der Waals surface area (Å²) in [5.41, 5.74) is 0. The first-order valence-corrected chi connectivity index (χ1v) is 9.74. The van der Waals surface area contributed by atoms with Crippen LogP contribution in [0.4, 0.5) is 0 Å². The van der Waals surface area contributed by atoms with E-state index in [4.69, 9.17) is 9.41 Å². The summed E-state index contributed by atoms with van der Waals surface area (Å²) in [6.45, 7) is 9.03. The summed E-state index contributed by atoms with van der Waals surface area (Å²) in [6, 6.07) is 3.68. The molecule has 0 aromatic carbocycles. The van der Waals surface area contributed by atoms with Gasteiger partial charge in [0.1, 0.15) is 5.82 Å². The third kappa shape index (κ3) is 6.54. The lowest BCUT2D eigenvalue weighted by Crippen LogP contribution is -2.38. The standard InChI is InChI=1S/C19H32N6O/c1-4-7-9-15(5-2)14-22-19(20-6-3)21-12-11-17-23-18(25-24-17)16-10-8-13-26-16/h8,10,13,15H,4-7,9,11-12,14H2,1-3H3,(H2,20,21,22)(H,23,24,25). The second-order valence-electron chi connectivity index (χ2n) is 6.40. The predicted octanol–water partition coefficient (Wildman–Crippen LogP) is 3.38. The average Bonchev–Trinajstić information content (AvgIpc) is 3.33. The number of hydrogen-bond acceptors (Lipinski definition) is 4. The SMILES string of the molecule is CCCCC(CC)CN=C(NCC)NCCc1nc(-c2ccco2)n[nH]1. The van der Waals surface area contributed by atoms with Gasteiger partial charge in [-0.2, -0.15) is 5.10 Å². The molecular formula is C19H32N6O. The fourth-order valence-electron chi connectivity index (χ4n) is 2.70. The lowest BCUT2D eigenvalue weighted by Gasteiger charge is -2.14. The van der Waals surface area contributed by atoms with Crippen molar-refractivity contribution >= 4 is 5.96 Å². The molecule has 0 aliphatic heterocycles. The molecule has 1 unspecified atom stereocenters. The maximum Gasteiger partial charge on any atom is 0.216 e. The molecule has 2 heterocycles. The quantitative estimate of drug-likeness (QED) is 0.422. The topological polar surface area (TPSA) is 91.1 Å². The second kappa shape index (κ2) is 11.3. The Hall–Kier alpha value is -2.31. The molecule has 0 saturated carbocycles. The molecular weight excluding hydrogens is 328 g/mol. The molecule has 3 N–H and O–H groups in total. The number of guanidine groups is 1. The summed E-state index contributed by atoms with van der Waals surface area (Å²) >= 11 is 0. The molecule has 7 nitrogen and oxygen atoms in total. The number of nitrogens with one attached hydrogen (secondary N) is 3. The van der Waals surface area contributed by atoms with Gasteiger partial charge in [-0.1, -0.05) is 33.1 Å². The highest BCUT2D eigenvalue weighted by Gasteiger charge is 2.09. The summed E-state index contributed by atoms with van der Waals surface area (Å²) in [6.07, 6.45) is 7.32. The van der Waals surface area contributed by atoms with Crippen LogP contribution in [0, 0.1) is 5.92 Å². The molecule has 0 radical (unpaired) electrons. The molecule has 144 valence electrons. The van der Waals surface area contributed by atoms with Crippen molar-refractivity contribution in [2.75, 3.05) is 19.6 Å². The minimum Gasteiger partial charge on any atom is -0.461 e. The zero-order valence-corrected chi connectivity index (χ0v) is 16.2. The molecule has 0 bridgehead atoms. The highest BCUT2D eigenvalue weighted by atomic mass is 16.3. The van der Waals surface area contributed by atoms with Crippen molar-refractivity contribution in [3.63, 3.8) is 0 Å². The molecule has 0 amide bonds. The molecule has 1 atom stereocenters. The van der Waals surface area contributed by atoms with E-state index in [2.05, 4.69) is 46.6 Å². The van der Waals surface area contributed by atoms with Gasteiger partial charge in [-0.05, 0) is 31.4 Å². The largest absolute Gasteiger partial charge is 0.461 e. The summed E-state index contributed by atoms with van der Waals surface area (Å²) in [5.74, 6) is 3.62. The summed E-state index contributed by atoms with van der Waals surface area (Å²) in [4.78, 5) is 9.20. The molecule has 0 saturated heterocycles. The fraction of sp³-hybridized carbons (Fsp3) is 0.632. The van der Waals surface area contributed by atoms with Gasteiger partial charge in [0.2, 0.25) is 5.82 Å². The van der Waals surface area contributed by atoms with Crippen molar-refractivity contribution in [2.24, 2.45) is 10.9 Å². The highest BCUT2D eigenvalue weighted by Crippen LogP contribution is 2.14. The number of aliphatic imine (C=N–C) groups is 1. The van der Waals surface area contributed by atoms with Crippen LogP contribution in [0.15, 0.2) is 27.8 Å². The Morgan fingerprint density at radius 2 is 2.19 bits per heavy atom. The smallest absolute Gasteiger partial charge is 0.216 e. The van der Waals surface area contributed by atoms with Crippen molar-refractivity contribution < 1.29 is 4.42 Å².